The van der Waals surface area contributed by atoms with E-state index in [0.717, 1.165) is 40.9 Å². The number of carbonyl (C=O) groups is 1. The number of aromatic nitrogens is 2. The van der Waals surface area contributed by atoms with Gasteiger partial charge in [0.05, 0.1) is 17.8 Å². The Balaban J connectivity index is 1.38. The minimum atomic E-state index is -0.0558. The van der Waals surface area contributed by atoms with Gasteiger partial charge in [-0.3, -0.25) is 5.32 Å². The Labute approximate surface area is 167 Å². The number of methoxy groups -OCH3 is 1. The predicted octanol–water partition coefficient (Wildman–Crippen LogP) is 3.57. The molecule has 0 bridgehead atoms. The number of carbonyl (C=O) groups excluding carboxylic acids is 1. The lowest BCUT2D eigenvalue weighted by atomic mass is 10.1. The molecule has 0 spiro atoms. The zero-order valence-electron chi connectivity index (χ0n) is 15.5. The summed E-state index contributed by atoms with van der Waals surface area (Å²) < 4.78 is 5.40. The molecule has 0 aliphatic carbocycles. The SMILES string of the molecule is COc1ccccc1-c1ccc(N2CCN(C(=O)Nc3cccs3)CC2)nn1. The molecule has 28 heavy (non-hydrogen) atoms. The van der Waals surface area contributed by atoms with Crippen LogP contribution < -0.4 is 15.0 Å². The summed E-state index contributed by atoms with van der Waals surface area (Å²) in [5, 5.41) is 14.5. The van der Waals surface area contributed by atoms with Gasteiger partial charge in [-0.1, -0.05) is 12.1 Å². The summed E-state index contributed by atoms with van der Waals surface area (Å²) in [6.45, 7) is 2.74. The van der Waals surface area contributed by atoms with E-state index < -0.39 is 0 Å². The maximum atomic E-state index is 12.3. The van der Waals surface area contributed by atoms with Crippen molar-refractivity contribution in [2.45, 2.75) is 0 Å². The van der Waals surface area contributed by atoms with Crippen LogP contribution in [0, 0.1) is 0 Å². The smallest absolute Gasteiger partial charge is 0.322 e. The van der Waals surface area contributed by atoms with Crippen LogP contribution in [0.4, 0.5) is 15.6 Å². The molecule has 0 saturated carbocycles. The van der Waals surface area contributed by atoms with Crippen molar-refractivity contribution in [2.24, 2.45) is 0 Å². The Morgan fingerprint density at radius 2 is 1.86 bits per heavy atom. The van der Waals surface area contributed by atoms with Crippen molar-refractivity contribution < 1.29 is 9.53 Å². The Kier molecular flexibility index (Phi) is 5.38. The summed E-state index contributed by atoms with van der Waals surface area (Å²) in [5.41, 5.74) is 1.69. The van der Waals surface area contributed by atoms with Gasteiger partial charge in [0.2, 0.25) is 0 Å². The number of para-hydroxylation sites is 1. The molecule has 1 fully saturated rings. The molecular weight excluding hydrogens is 374 g/mol. The number of benzene rings is 1. The van der Waals surface area contributed by atoms with Gasteiger partial charge in [0.1, 0.15) is 5.75 Å². The lowest BCUT2D eigenvalue weighted by Gasteiger charge is -2.35. The van der Waals surface area contributed by atoms with Gasteiger partial charge in [0, 0.05) is 31.7 Å². The average Bonchev–Trinajstić information content (AvgIpc) is 3.27. The second-order valence-corrected chi connectivity index (χ2v) is 7.31. The Hall–Kier alpha value is -3.13. The highest BCUT2D eigenvalue weighted by Crippen LogP contribution is 2.28. The van der Waals surface area contributed by atoms with Crippen molar-refractivity contribution >= 4 is 28.2 Å². The Morgan fingerprint density at radius 3 is 2.54 bits per heavy atom. The number of hydrogen-bond donors (Lipinski definition) is 1. The first-order valence-corrected chi connectivity index (χ1v) is 9.94. The lowest BCUT2D eigenvalue weighted by Crippen LogP contribution is -2.50. The molecule has 1 saturated heterocycles. The summed E-state index contributed by atoms with van der Waals surface area (Å²) in [6, 6.07) is 15.4. The highest BCUT2D eigenvalue weighted by molar-refractivity contribution is 7.14. The second kappa shape index (κ2) is 8.26. The summed E-state index contributed by atoms with van der Waals surface area (Å²) in [4.78, 5) is 16.3. The third-order valence-electron chi connectivity index (χ3n) is 4.68. The molecular formula is C20H21N5O2S. The van der Waals surface area contributed by atoms with Crippen LogP contribution in [0.1, 0.15) is 0 Å². The van der Waals surface area contributed by atoms with Gasteiger partial charge in [-0.05, 0) is 41.8 Å². The van der Waals surface area contributed by atoms with Gasteiger partial charge in [0.15, 0.2) is 5.82 Å². The molecule has 1 aliphatic rings. The van der Waals surface area contributed by atoms with E-state index in [2.05, 4.69) is 20.4 Å². The molecule has 7 nitrogen and oxygen atoms in total. The molecule has 4 rings (SSSR count). The number of ether oxygens (including phenoxy) is 1. The number of thiophene rings is 1. The molecule has 1 aliphatic heterocycles. The van der Waals surface area contributed by atoms with E-state index in [1.165, 1.54) is 11.3 Å². The van der Waals surface area contributed by atoms with Gasteiger partial charge in [-0.2, -0.15) is 0 Å². The zero-order valence-corrected chi connectivity index (χ0v) is 16.4. The molecule has 1 aromatic carbocycles. The van der Waals surface area contributed by atoms with Crippen LogP contribution in [0.5, 0.6) is 5.75 Å². The van der Waals surface area contributed by atoms with Crippen LogP contribution in [0.25, 0.3) is 11.3 Å². The summed E-state index contributed by atoms with van der Waals surface area (Å²) in [7, 11) is 1.65. The number of rotatable bonds is 4. The van der Waals surface area contributed by atoms with Crippen LogP contribution in [0.3, 0.4) is 0 Å². The van der Waals surface area contributed by atoms with Crippen LogP contribution in [-0.2, 0) is 0 Å². The molecule has 2 aromatic heterocycles. The van der Waals surface area contributed by atoms with Gasteiger partial charge in [0.25, 0.3) is 0 Å². The first-order chi connectivity index (χ1) is 13.7. The van der Waals surface area contributed by atoms with Crippen molar-refractivity contribution in [2.75, 3.05) is 43.5 Å². The normalized spacial score (nSPS) is 14.0. The monoisotopic (exact) mass is 395 g/mol. The van der Waals surface area contributed by atoms with Crippen molar-refractivity contribution in [1.29, 1.82) is 0 Å². The molecule has 0 unspecified atom stereocenters. The fourth-order valence-corrected chi connectivity index (χ4v) is 3.77. The largest absolute Gasteiger partial charge is 0.496 e. The number of piperazine rings is 1. The topological polar surface area (TPSA) is 70.6 Å². The highest BCUT2D eigenvalue weighted by Gasteiger charge is 2.22. The van der Waals surface area contributed by atoms with Crippen molar-refractivity contribution in [3.63, 3.8) is 0 Å². The van der Waals surface area contributed by atoms with E-state index in [-0.39, 0.29) is 6.03 Å². The fourth-order valence-electron chi connectivity index (χ4n) is 3.17. The first kappa shape index (κ1) is 18.2. The number of amides is 2. The summed E-state index contributed by atoms with van der Waals surface area (Å²) in [6.07, 6.45) is 0. The van der Waals surface area contributed by atoms with Crippen LogP contribution in [-0.4, -0.2) is 54.4 Å². The molecule has 3 heterocycles. The maximum absolute atomic E-state index is 12.3. The van der Waals surface area contributed by atoms with Crippen molar-refractivity contribution in [3.05, 3.63) is 53.9 Å². The molecule has 1 N–H and O–H groups in total. The van der Waals surface area contributed by atoms with Crippen LogP contribution in [0.2, 0.25) is 0 Å². The maximum Gasteiger partial charge on any atom is 0.322 e. The number of anilines is 2. The second-order valence-electron chi connectivity index (χ2n) is 6.36. The standard InChI is InChI=1S/C20H21N5O2S/c1-27-17-6-3-2-5-15(17)16-8-9-18(23-22-16)24-10-12-25(13-11-24)20(26)21-19-7-4-14-28-19/h2-9,14H,10-13H2,1H3,(H,21,26). The Bertz CT molecular complexity index is 922. The molecule has 144 valence electrons. The van der Waals surface area contributed by atoms with Gasteiger partial charge < -0.3 is 14.5 Å². The first-order valence-electron chi connectivity index (χ1n) is 9.06. The molecule has 0 radical (unpaired) electrons. The van der Waals surface area contributed by atoms with E-state index in [0.29, 0.717) is 13.1 Å². The Morgan fingerprint density at radius 1 is 1.04 bits per heavy atom. The van der Waals surface area contributed by atoms with Crippen molar-refractivity contribution in [3.8, 4) is 17.0 Å². The summed E-state index contributed by atoms with van der Waals surface area (Å²) in [5.74, 6) is 1.59. The number of nitrogens with one attached hydrogen (secondary N) is 1. The van der Waals surface area contributed by atoms with Crippen LogP contribution in [0.15, 0.2) is 53.9 Å². The van der Waals surface area contributed by atoms with E-state index in [1.807, 2.05) is 58.8 Å². The van der Waals surface area contributed by atoms with E-state index in [1.54, 1.807) is 7.11 Å². The number of urea groups is 1. The van der Waals surface area contributed by atoms with Gasteiger partial charge in [-0.25, -0.2) is 4.79 Å². The van der Waals surface area contributed by atoms with Crippen LogP contribution >= 0.6 is 11.3 Å². The van der Waals surface area contributed by atoms with Gasteiger partial charge in [-0.15, -0.1) is 21.5 Å². The highest BCUT2D eigenvalue weighted by atomic mass is 32.1. The van der Waals surface area contributed by atoms with Gasteiger partial charge >= 0.3 is 6.03 Å². The number of nitrogens with zero attached hydrogens (tertiary/aromatic N) is 4. The number of hydrogen-bond acceptors (Lipinski definition) is 6. The van der Waals surface area contributed by atoms with Crippen molar-refractivity contribution in [1.82, 2.24) is 15.1 Å². The lowest BCUT2D eigenvalue weighted by molar-refractivity contribution is 0.208. The summed E-state index contributed by atoms with van der Waals surface area (Å²) >= 11 is 1.52. The molecule has 3 aromatic rings. The average molecular weight is 395 g/mol. The molecule has 0 atom stereocenters. The van der Waals surface area contributed by atoms with E-state index in [4.69, 9.17) is 4.74 Å². The fraction of sp³-hybridized carbons (Fsp3) is 0.250. The third kappa shape index (κ3) is 3.91. The zero-order chi connectivity index (χ0) is 19.3. The minimum Gasteiger partial charge on any atom is -0.496 e. The quantitative estimate of drug-likeness (QED) is 0.731. The molecule has 2 amide bonds. The van der Waals surface area contributed by atoms with E-state index >= 15 is 0 Å². The molecule has 8 heteroatoms. The third-order valence-corrected chi connectivity index (χ3v) is 5.46. The van der Waals surface area contributed by atoms with E-state index in [9.17, 15) is 4.79 Å². The minimum absolute atomic E-state index is 0.0558. The predicted molar refractivity (Wildman–Crippen MR) is 111 cm³/mol.